The number of nitrogens with zero attached hydrogens (tertiary/aromatic N) is 2. The van der Waals surface area contributed by atoms with E-state index in [1.807, 2.05) is 17.8 Å². The predicted molar refractivity (Wildman–Crippen MR) is 87.3 cm³/mol. The smallest absolute Gasteiger partial charge is 0.145 e. The van der Waals surface area contributed by atoms with Gasteiger partial charge >= 0.3 is 0 Å². The van der Waals surface area contributed by atoms with Crippen molar-refractivity contribution in [2.75, 3.05) is 23.4 Å². The molecule has 1 N–H and O–H groups in total. The van der Waals surface area contributed by atoms with E-state index in [1.54, 1.807) is 0 Å². The van der Waals surface area contributed by atoms with Gasteiger partial charge in [-0.1, -0.05) is 13.8 Å². The first kappa shape index (κ1) is 15.0. The summed E-state index contributed by atoms with van der Waals surface area (Å²) in [5, 5.41) is 4.48. The first-order chi connectivity index (χ1) is 9.24. The van der Waals surface area contributed by atoms with E-state index in [0.717, 1.165) is 30.3 Å². The Morgan fingerprint density at radius 3 is 2.79 bits per heavy atom. The molecule has 1 aliphatic heterocycles. The SMILES string of the molecule is CCCNc1cc(C)nc(C2SCCSC2CC)n1. The normalized spacial score (nSPS) is 23.3. The molecular formula is C14H23N3S2. The van der Waals surface area contributed by atoms with Crippen LogP contribution in [-0.4, -0.2) is 33.3 Å². The first-order valence-electron chi connectivity index (χ1n) is 7.07. The van der Waals surface area contributed by atoms with E-state index in [0.29, 0.717) is 10.5 Å². The third-order valence-corrected chi connectivity index (χ3v) is 6.38. The third kappa shape index (κ3) is 4.02. The molecule has 3 nitrogen and oxygen atoms in total. The van der Waals surface area contributed by atoms with Gasteiger partial charge in [-0.25, -0.2) is 9.97 Å². The molecule has 0 bridgehead atoms. The summed E-state index contributed by atoms with van der Waals surface area (Å²) >= 11 is 4.09. The Morgan fingerprint density at radius 1 is 1.26 bits per heavy atom. The second-order valence-electron chi connectivity index (χ2n) is 4.79. The van der Waals surface area contributed by atoms with Crippen molar-refractivity contribution < 1.29 is 0 Å². The van der Waals surface area contributed by atoms with Crippen molar-refractivity contribution in [3.8, 4) is 0 Å². The van der Waals surface area contributed by atoms with E-state index < -0.39 is 0 Å². The zero-order chi connectivity index (χ0) is 13.7. The second-order valence-corrected chi connectivity index (χ2v) is 7.38. The van der Waals surface area contributed by atoms with Crippen LogP contribution in [0.3, 0.4) is 0 Å². The molecule has 1 saturated heterocycles. The van der Waals surface area contributed by atoms with E-state index >= 15 is 0 Å². The molecule has 0 spiro atoms. The summed E-state index contributed by atoms with van der Waals surface area (Å²) in [5.74, 6) is 4.46. The van der Waals surface area contributed by atoms with Crippen molar-refractivity contribution in [2.45, 2.75) is 44.1 Å². The van der Waals surface area contributed by atoms with Gasteiger partial charge < -0.3 is 5.32 Å². The van der Waals surface area contributed by atoms with Gasteiger partial charge in [-0.05, 0) is 19.8 Å². The van der Waals surface area contributed by atoms with Crippen molar-refractivity contribution >= 4 is 29.3 Å². The number of thioether (sulfide) groups is 2. The molecule has 1 aromatic rings. The highest BCUT2D eigenvalue weighted by atomic mass is 32.2. The van der Waals surface area contributed by atoms with E-state index in [2.05, 4.69) is 42.8 Å². The van der Waals surface area contributed by atoms with Gasteiger partial charge in [0.1, 0.15) is 11.6 Å². The van der Waals surface area contributed by atoms with Crippen molar-refractivity contribution in [3.05, 3.63) is 17.6 Å². The van der Waals surface area contributed by atoms with Crippen molar-refractivity contribution in [1.82, 2.24) is 9.97 Å². The number of aryl methyl sites for hydroxylation is 1. The average molecular weight is 297 g/mol. The highest BCUT2D eigenvalue weighted by Crippen LogP contribution is 2.42. The molecule has 5 heteroatoms. The largest absolute Gasteiger partial charge is 0.370 e. The number of hydrogen-bond donors (Lipinski definition) is 1. The summed E-state index contributed by atoms with van der Waals surface area (Å²) in [5.41, 5.74) is 1.06. The molecule has 0 saturated carbocycles. The number of anilines is 1. The Labute approximate surface area is 124 Å². The number of hydrogen-bond acceptors (Lipinski definition) is 5. The van der Waals surface area contributed by atoms with Crippen LogP contribution in [0, 0.1) is 6.92 Å². The minimum absolute atomic E-state index is 0.450. The molecule has 0 radical (unpaired) electrons. The summed E-state index contributed by atoms with van der Waals surface area (Å²) in [7, 11) is 0. The molecule has 2 rings (SSSR count). The lowest BCUT2D eigenvalue weighted by molar-refractivity contribution is 0.745. The highest BCUT2D eigenvalue weighted by molar-refractivity contribution is 8.06. The molecular weight excluding hydrogens is 274 g/mol. The van der Waals surface area contributed by atoms with Crippen LogP contribution in [0.25, 0.3) is 0 Å². The zero-order valence-corrected chi connectivity index (χ0v) is 13.6. The standard InChI is InChI=1S/C14H23N3S2/c1-4-6-15-12-9-10(3)16-14(17-12)13-11(5-2)18-7-8-19-13/h9,11,13H,4-8H2,1-3H3,(H,15,16,17). The fourth-order valence-electron chi connectivity index (χ4n) is 2.20. The van der Waals surface area contributed by atoms with Gasteiger partial charge in [0, 0.05) is 35.1 Å². The predicted octanol–water partition coefficient (Wildman–Crippen LogP) is 3.91. The molecule has 0 amide bonds. The first-order valence-corrected chi connectivity index (χ1v) is 9.17. The van der Waals surface area contributed by atoms with Gasteiger partial charge in [-0.3, -0.25) is 0 Å². The molecule has 1 aromatic heterocycles. The lowest BCUT2D eigenvalue weighted by atomic mass is 10.2. The van der Waals surface area contributed by atoms with E-state index in [9.17, 15) is 0 Å². The van der Waals surface area contributed by atoms with Crippen LogP contribution in [0.5, 0.6) is 0 Å². The number of rotatable bonds is 5. The summed E-state index contributed by atoms with van der Waals surface area (Å²) < 4.78 is 0. The van der Waals surface area contributed by atoms with Crippen LogP contribution in [0.15, 0.2) is 6.07 Å². The molecule has 2 unspecified atom stereocenters. The molecule has 1 aliphatic rings. The van der Waals surface area contributed by atoms with Gasteiger partial charge in [0.05, 0.1) is 5.25 Å². The van der Waals surface area contributed by atoms with Crippen molar-refractivity contribution in [1.29, 1.82) is 0 Å². The maximum absolute atomic E-state index is 4.74. The molecule has 106 valence electrons. The molecule has 2 atom stereocenters. The van der Waals surface area contributed by atoms with E-state index in [-0.39, 0.29) is 0 Å². The minimum Gasteiger partial charge on any atom is -0.370 e. The van der Waals surface area contributed by atoms with Crippen molar-refractivity contribution in [2.24, 2.45) is 0 Å². The average Bonchev–Trinajstić information content (AvgIpc) is 2.44. The Morgan fingerprint density at radius 2 is 2.05 bits per heavy atom. The van der Waals surface area contributed by atoms with Crippen LogP contribution in [-0.2, 0) is 0 Å². The van der Waals surface area contributed by atoms with Crippen LogP contribution >= 0.6 is 23.5 Å². The Kier molecular flexibility index (Phi) is 5.82. The zero-order valence-electron chi connectivity index (χ0n) is 12.0. The molecule has 2 heterocycles. The minimum atomic E-state index is 0.450. The lowest BCUT2D eigenvalue weighted by Crippen LogP contribution is -2.21. The lowest BCUT2D eigenvalue weighted by Gasteiger charge is -2.29. The van der Waals surface area contributed by atoms with E-state index in [1.165, 1.54) is 17.9 Å². The third-order valence-electron chi connectivity index (χ3n) is 3.13. The fraction of sp³-hybridized carbons (Fsp3) is 0.714. The van der Waals surface area contributed by atoms with Crippen LogP contribution in [0.1, 0.15) is 43.5 Å². The Bertz CT molecular complexity index is 412. The summed E-state index contributed by atoms with van der Waals surface area (Å²) in [6.45, 7) is 7.47. The van der Waals surface area contributed by atoms with Crippen LogP contribution in [0.4, 0.5) is 5.82 Å². The van der Waals surface area contributed by atoms with Crippen LogP contribution in [0.2, 0.25) is 0 Å². The van der Waals surface area contributed by atoms with Gasteiger partial charge in [-0.2, -0.15) is 11.8 Å². The Hall–Kier alpha value is -0.420. The quantitative estimate of drug-likeness (QED) is 0.892. The molecule has 0 aliphatic carbocycles. The number of aromatic nitrogens is 2. The number of nitrogens with one attached hydrogen (secondary N) is 1. The molecule has 19 heavy (non-hydrogen) atoms. The summed E-state index contributed by atoms with van der Waals surface area (Å²) in [6, 6.07) is 2.04. The highest BCUT2D eigenvalue weighted by Gasteiger charge is 2.29. The maximum Gasteiger partial charge on any atom is 0.145 e. The summed E-state index contributed by atoms with van der Waals surface area (Å²) in [4.78, 5) is 9.42. The second kappa shape index (κ2) is 7.39. The van der Waals surface area contributed by atoms with Gasteiger partial charge in [-0.15, -0.1) is 11.8 Å². The fourth-order valence-corrected chi connectivity index (χ4v) is 5.20. The van der Waals surface area contributed by atoms with Gasteiger partial charge in [0.2, 0.25) is 0 Å². The van der Waals surface area contributed by atoms with Gasteiger partial charge in [0.15, 0.2) is 0 Å². The monoisotopic (exact) mass is 297 g/mol. The van der Waals surface area contributed by atoms with Crippen molar-refractivity contribution in [3.63, 3.8) is 0 Å². The van der Waals surface area contributed by atoms with E-state index in [4.69, 9.17) is 4.98 Å². The maximum atomic E-state index is 4.74. The van der Waals surface area contributed by atoms with Crippen LogP contribution < -0.4 is 5.32 Å². The topological polar surface area (TPSA) is 37.8 Å². The molecule has 0 aromatic carbocycles. The van der Waals surface area contributed by atoms with Gasteiger partial charge in [0.25, 0.3) is 0 Å². The molecule has 1 fully saturated rings. The Balaban J connectivity index is 2.19. The summed E-state index contributed by atoms with van der Waals surface area (Å²) in [6.07, 6.45) is 2.31.